The van der Waals surface area contributed by atoms with Crippen molar-refractivity contribution < 1.29 is 36.9 Å². The van der Waals surface area contributed by atoms with E-state index in [9.17, 15) is 36.9 Å². The first-order valence-electron chi connectivity index (χ1n) is 6.33. The smallest absolute Gasteiger partial charge is 0.189 e. The SMILES string of the molecule is Cc1c(S(=O)(=O)F)c(C)c(S(=O)(=O)F)c(C(C)(C)C)c1S(=O)(=O)F. The normalized spacial score (nSPS) is 14.0. The van der Waals surface area contributed by atoms with Gasteiger partial charge in [0.05, 0.1) is 0 Å². The van der Waals surface area contributed by atoms with Crippen molar-refractivity contribution in [3.05, 3.63) is 16.7 Å². The van der Waals surface area contributed by atoms with Crippen molar-refractivity contribution in [1.82, 2.24) is 0 Å². The zero-order chi connectivity index (χ0) is 19.5. The van der Waals surface area contributed by atoms with E-state index in [4.69, 9.17) is 0 Å². The Morgan fingerprint density at radius 2 is 0.875 bits per heavy atom. The van der Waals surface area contributed by atoms with Crippen LogP contribution in [0.3, 0.4) is 0 Å². The molecule has 0 radical (unpaired) electrons. The second kappa shape index (κ2) is 5.70. The van der Waals surface area contributed by atoms with Gasteiger partial charge in [0.2, 0.25) is 0 Å². The Hall–Kier alpha value is -1.14. The van der Waals surface area contributed by atoms with Crippen LogP contribution in [0.2, 0.25) is 0 Å². The molecule has 0 unspecified atom stereocenters. The molecule has 138 valence electrons. The van der Waals surface area contributed by atoms with Crippen LogP contribution < -0.4 is 0 Å². The average molecular weight is 408 g/mol. The zero-order valence-corrected chi connectivity index (χ0v) is 15.8. The van der Waals surface area contributed by atoms with Gasteiger partial charge in [0.15, 0.2) is 0 Å². The molecule has 24 heavy (non-hydrogen) atoms. The van der Waals surface area contributed by atoms with E-state index in [2.05, 4.69) is 0 Å². The second-order valence-electron chi connectivity index (χ2n) is 6.18. The third kappa shape index (κ3) is 3.75. The molecular weight excluding hydrogens is 393 g/mol. The predicted molar refractivity (Wildman–Crippen MR) is 79.5 cm³/mol. The third-order valence-corrected chi connectivity index (χ3v) is 6.39. The molecule has 1 aromatic carbocycles. The molecule has 1 rings (SSSR count). The summed E-state index contributed by atoms with van der Waals surface area (Å²) in [6, 6.07) is 0. The Morgan fingerprint density at radius 3 is 1.04 bits per heavy atom. The first-order valence-corrected chi connectivity index (χ1v) is 10.5. The summed E-state index contributed by atoms with van der Waals surface area (Å²) in [6.45, 7) is 5.42. The van der Waals surface area contributed by atoms with Crippen molar-refractivity contribution >= 4 is 30.7 Å². The number of hydrogen-bond donors (Lipinski definition) is 0. The molecule has 0 aliphatic rings. The predicted octanol–water partition coefficient (Wildman–Crippen LogP) is 2.58. The van der Waals surface area contributed by atoms with E-state index in [0.29, 0.717) is 0 Å². The highest BCUT2D eigenvalue weighted by Crippen LogP contribution is 2.43. The molecule has 0 bridgehead atoms. The minimum Gasteiger partial charge on any atom is -0.189 e. The van der Waals surface area contributed by atoms with Crippen LogP contribution in [0.25, 0.3) is 0 Å². The van der Waals surface area contributed by atoms with Crippen molar-refractivity contribution in [2.75, 3.05) is 0 Å². The molecular formula is C12H15F3O6S3. The average Bonchev–Trinajstić information content (AvgIpc) is 2.20. The highest BCUT2D eigenvalue weighted by Gasteiger charge is 2.40. The van der Waals surface area contributed by atoms with Crippen LogP contribution in [0.4, 0.5) is 11.7 Å². The Bertz CT molecular complexity index is 958. The number of rotatable bonds is 3. The van der Waals surface area contributed by atoms with Gasteiger partial charge in [-0.05, 0) is 30.4 Å². The number of hydrogen-bond acceptors (Lipinski definition) is 6. The van der Waals surface area contributed by atoms with E-state index in [1.54, 1.807) is 0 Å². The minimum atomic E-state index is -5.69. The highest BCUT2D eigenvalue weighted by molar-refractivity contribution is 7.88. The highest BCUT2D eigenvalue weighted by atomic mass is 32.3. The zero-order valence-electron chi connectivity index (χ0n) is 13.3. The summed E-state index contributed by atoms with van der Waals surface area (Å²) >= 11 is 0. The first-order chi connectivity index (χ1) is 10.3. The maximum Gasteiger partial charge on any atom is 0.332 e. The van der Waals surface area contributed by atoms with Crippen molar-refractivity contribution in [2.24, 2.45) is 0 Å². The van der Waals surface area contributed by atoms with Gasteiger partial charge in [0.25, 0.3) is 0 Å². The number of halogens is 3. The summed E-state index contributed by atoms with van der Waals surface area (Å²) in [5, 5.41) is 0. The van der Waals surface area contributed by atoms with E-state index >= 15 is 0 Å². The molecule has 0 amide bonds. The van der Waals surface area contributed by atoms with Gasteiger partial charge >= 0.3 is 30.7 Å². The molecule has 0 fully saturated rings. The van der Waals surface area contributed by atoms with Crippen LogP contribution in [0, 0.1) is 13.8 Å². The lowest BCUT2D eigenvalue weighted by Gasteiger charge is -2.27. The summed E-state index contributed by atoms with van der Waals surface area (Å²) in [7, 11) is -17.0. The van der Waals surface area contributed by atoms with Crippen molar-refractivity contribution in [3.63, 3.8) is 0 Å². The second-order valence-corrected chi connectivity index (χ2v) is 10.0. The minimum absolute atomic E-state index is 0.782. The summed E-state index contributed by atoms with van der Waals surface area (Å²) in [4.78, 5) is -4.12. The van der Waals surface area contributed by atoms with Gasteiger partial charge in [-0.15, -0.1) is 11.7 Å². The number of benzene rings is 1. The van der Waals surface area contributed by atoms with Crippen molar-refractivity contribution in [1.29, 1.82) is 0 Å². The van der Waals surface area contributed by atoms with Gasteiger partial charge < -0.3 is 0 Å². The summed E-state index contributed by atoms with van der Waals surface area (Å²) in [5.74, 6) is 0. The quantitative estimate of drug-likeness (QED) is 0.713. The van der Waals surface area contributed by atoms with Crippen LogP contribution in [0.5, 0.6) is 0 Å². The van der Waals surface area contributed by atoms with E-state index in [-0.39, 0.29) is 0 Å². The molecule has 12 heteroatoms. The molecule has 0 aliphatic carbocycles. The van der Waals surface area contributed by atoms with E-state index in [1.165, 1.54) is 20.8 Å². The van der Waals surface area contributed by atoms with Crippen LogP contribution in [-0.4, -0.2) is 25.3 Å². The lowest BCUT2D eigenvalue weighted by Crippen LogP contribution is -2.23. The first kappa shape index (κ1) is 20.9. The summed E-state index contributed by atoms with van der Waals surface area (Å²) in [6.07, 6.45) is 0. The lowest BCUT2D eigenvalue weighted by atomic mass is 9.85. The Balaban J connectivity index is 4.59. The molecule has 0 spiro atoms. The Kier molecular flexibility index (Phi) is 4.96. The van der Waals surface area contributed by atoms with Crippen molar-refractivity contribution in [2.45, 2.75) is 54.7 Å². The lowest BCUT2D eigenvalue weighted by molar-refractivity contribution is 0.510. The monoisotopic (exact) mass is 408 g/mol. The molecule has 0 N–H and O–H groups in total. The van der Waals surface area contributed by atoms with Gasteiger partial charge in [-0.3, -0.25) is 0 Å². The molecule has 0 aliphatic heterocycles. The topological polar surface area (TPSA) is 102 Å². The standard InChI is InChI=1S/C12H15F3O6S3/c1-6-9(22(13,16)17)7(2)11(24(15,20)21)8(12(3,4)5)10(6)23(14,18)19/h1-5H3. The van der Waals surface area contributed by atoms with E-state index in [1.807, 2.05) is 0 Å². The molecule has 6 nitrogen and oxygen atoms in total. The van der Waals surface area contributed by atoms with E-state index < -0.39 is 67.5 Å². The van der Waals surface area contributed by atoms with Crippen LogP contribution in [-0.2, 0) is 36.1 Å². The summed E-state index contributed by atoms with van der Waals surface area (Å²) in [5.41, 5.74) is -3.91. The Labute approximate surface area is 139 Å². The van der Waals surface area contributed by atoms with Gasteiger partial charge in [-0.2, -0.15) is 25.3 Å². The third-order valence-electron chi connectivity index (χ3n) is 3.30. The molecule has 0 saturated heterocycles. The van der Waals surface area contributed by atoms with Crippen LogP contribution in [0.1, 0.15) is 37.5 Å². The van der Waals surface area contributed by atoms with Gasteiger partial charge in [-0.1, -0.05) is 20.8 Å². The van der Waals surface area contributed by atoms with Crippen LogP contribution >= 0.6 is 0 Å². The fourth-order valence-electron chi connectivity index (χ4n) is 2.62. The molecule has 0 heterocycles. The van der Waals surface area contributed by atoms with Gasteiger partial charge in [0, 0.05) is 5.56 Å². The van der Waals surface area contributed by atoms with Crippen LogP contribution in [0.15, 0.2) is 14.7 Å². The van der Waals surface area contributed by atoms with E-state index in [0.717, 1.165) is 13.8 Å². The largest absolute Gasteiger partial charge is 0.332 e. The fourth-order valence-corrected chi connectivity index (χ4v) is 5.99. The molecule has 0 saturated carbocycles. The molecule has 0 aromatic heterocycles. The van der Waals surface area contributed by atoms with Gasteiger partial charge in [-0.25, -0.2) is 0 Å². The molecule has 0 atom stereocenters. The molecule has 1 aromatic rings. The fraction of sp³-hybridized carbons (Fsp3) is 0.500. The van der Waals surface area contributed by atoms with Gasteiger partial charge in [0.1, 0.15) is 14.7 Å². The summed E-state index contributed by atoms with van der Waals surface area (Å²) < 4.78 is 110. The van der Waals surface area contributed by atoms with Crippen molar-refractivity contribution in [3.8, 4) is 0 Å². The Morgan fingerprint density at radius 1 is 0.625 bits per heavy atom. The maximum atomic E-state index is 13.8. The maximum absolute atomic E-state index is 13.8.